The second-order valence-corrected chi connectivity index (χ2v) is 6.18. The monoisotopic (exact) mass is 345 g/mol. The van der Waals surface area contributed by atoms with E-state index in [0.29, 0.717) is 17.2 Å². The van der Waals surface area contributed by atoms with Crippen LogP contribution in [0.15, 0.2) is 59.9 Å². The van der Waals surface area contributed by atoms with Crippen molar-refractivity contribution in [2.24, 2.45) is 10.9 Å². The van der Waals surface area contributed by atoms with Crippen LogP contribution in [0, 0.1) is 16.0 Å². The lowest BCUT2D eigenvalue weighted by Gasteiger charge is -2.27. The molecule has 8 heteroatoms. The van der Waals surface area contributed by atoms with Gasteiger partial charge in [-0.25, -0.2) is 9.67 Å². The van der Waals surface area contributed by atoms with E-state index in [9.17, 15) is 14.9 Å². The van der Waals surface area contributed by atoms with Crippen molar-refractivity contribution in [3.8, 4) is 0 Å². The van der Waals surface area contributed by atoms with E-state index in [-0.39, 0.29) is 11.5 Å². The Kier molecular flexibility index (Phi) is 2.90. The summed E-state index contributed by atoms with van der Waals surface area (Å²) in [6.07, 6.45) is 1.40. The van der Waals surface area contributed by atoms with Crippen LogP contribution in [0.4, 0.5) is 11.6 Å². The fourth-order valence-corrected chi connectivity index (χ4v) is 3.70. The van der Waals surface area contributed by atoms with Crippen molar-refractivity contribution in [3.05, 3.63) is 81.7 Å². The number of aliphatic imine (C=N–C) groups is 1. The lowest BCUT2D eigenvalue weighted by atomic mass is 9.87. The highest BCUT2D eigenvalue weighted by atomic mass is 16.6. The minimum absolute atomic E-state index is 0.00158. The molecule has 3 aromatic rings. The van der Waals surface area contributed by atoms with Gasteiger partial charge in [0.15, 0.2) is 5.78 Å². The highest BCUT2D eigenvalue weighted by Crippen LogP contribution is 2.43. The van der Waals surface area contributed by atoms with Crippen LogP contribution in [-0.2, 0) is 0 Å². The Labute approximate surface area is 147 Å². The van der Waals surface area contributed by atoms with Crippen molar-refractivity contribution in [2.75, 3.05) is 0 Å². The van der Waals surface area contributed by atoms with Gasteiger partial charge < -0.3 is 0 Å². The molecule has 0 N–H and O–H groups in total. The molecule has 0 fully saturated rings. The van der Waals surface area contributed by atoms with E-state index in [1.54, 1.807) is 22.9 Å². The first-order valence-corrected chi connectivity index (χ1v) is 8.01. The number of non-ortho nitro benzene ring substituents is 1. The third-order valence-corrected chi connectivity index (χ3v) is 4.84. The number of rotatable bonds is 2. The Morgan fingerprint density at radius 2 is 1.77 bits per heavy atom. The summed E-state index contributed by atoms with van der Waals surface area (Å²) in [5.41, 5.74) is 2.87. The van der Waals surface area contributed by atoms with Gasteiger partial charge in [0.05, 0.1) is 22.6 Å². The summed E-state index contributed by atoms with van der Waals surface area (Å²) >= 11 is 0. The summed E-state index contributed by atoms with van der Waals surface area (Å²) in [7, 11) is 0. The number of hydrogen-bond acceptors (Lipinski definition) is 6. The second kappa shape index (κ2) is 5.16. The van der Waals surface area contributed by atoms with Crippen molar-refractivity contribution < 1.29 is 9.72 Å². The van der Waals surface area contributed by atoms with Crippen LogP contribution in [0.3, 0.4) is 0 Å². The Morgan fingerprint density at radius 3 is 2.50 bits per heavy atom. The van der Waals surface area contributed by atoms with E-state index in [0.717, 1.165) is 11.1 Å². The van der Waals surface area contributed by atoms with Gasteiger partial charge in [-0.2, -0.15) is 10.1 Å². The maximum Gasteiger partial charge on any atom is 0.269 e. The van der Waals surface area contributed by atoms with Crippen LogP contribution in [0.2, 0.25) is 0 Å². The molecule has 26 heavy (non-hydrogen) atoms. The number of ketones is 1. The molecule has 8 nitrogen and oxygen atoms in total. The van der Waals surface area contributed by atoms with Crippen LogP contribution in [0.25, 0.3) is 0 Å². The topological polar surface area (TPSA) is 103 Å². The Balaban J connectivity index is 1.70. The largest absolute Gasteiger partial charge is 0.293 e. The van der Waals surface area contributed by atoms with E-state index in [1.807, 2.05) is 18.2 Å². The molecule has 1 aliphatic heterocycles. The number of fused-ring (bicyclic) bond motifs is 4. The number of carbonyl (C=O) groups is 1. The normalized spacial score (nSPS) is 20.2. The zero-order valence-corrected chi connectivity index (χ0v) is 13.3. The smallest absolute Gasteiger partial charge is 0.269 e. The van der Waals surface area contributed by atoms with Gasteiger partial charge in [-0.1, -0.05) is 36.4 Å². The predicted molar refractivity (Wildman–Crippen MR) is 91.7 cm³/mol. The Hall–Kier alpha value is -3.68. The minimum Gasteiger partial charge on any atom is -0.293 e. The van der Waals surface area contributed by atoms with E-state index in [1.165, 1.54) is 18.5 Å². The van der Waals surface area contributed by atoms with Crippen molar-refractivity contribution in [1.82, 2.24) is 14.8 Å². The molecule has 0 saturated carbocycles. The van der Waals surface area contributed by atoms with Gasteiger partial charge in [-0.05, 0) is 5.56 Å². The summed E-state index contributed by atoms with van der Waals surface area (Å²) in [4.78, 5) is 32.3. The Morgan fingerprint density at radius 1 is 1.04 bits per heavy atom. The molecule has 0 bridgehead atoms. The Bertz CT molecular complexity index is 1100. The van der Waals surface area contributed by atoms with Gasteiger partial charge in [-0.15, -0.1) is 0 Å². The highest BCUT2D eigenvalue weighted by Gasteiger charge is 2.46. The summed E-state index contributed by atoms with van der Waals surface area (Å²) < 4.78 is 1.61. The molecule has 2 aromatic carbocycles. The number of aromatic nitrogens is 3. The molecule has 2 aliphatic rings. The molecule has 1 aliphatic carbocycles. The molecule has 2 atom stereocenters. The van der Waals surface area contributed by atoms with Crippen LogP contribution in [0.5, 0.6) is 0 Å². The third kappa shape index (κ3) is 1.89. The number of nitrogens with zero attached hydrogens (tertiary/aromatic N) is 5. The zero-order chi connectivity index (χ0) is 17.8. The lowest BCUT2D eigenvalue weighted by Crippen LogP contribution is -2.32. The third-order valence-electron chi connectivity index (χ3n) is 4.84. The molecule has 0 spiro atoms. The number of benzene rings is 2. The van der Waals surface area contributed by atoms with Crippen molar-refractivity contribution in [1.29, 1.82) is 0 Å². The van der Waals surface area contributed by atoms with E-state index in [4.69, 9.17) is 0 Å². The van der Waals surface area contributed by atoms with Gasteiger partial charge in [-0.3, -0.25) is 14.9 Å². The average molecular weight is 345 g/mol. The fourth-order valence-electron chi connectivity index (χ4n) is 3.70. The number of hydrogen-bond donors (Lipinski definition) is 0. The second-order valence-electron chi connectivity index (χ2n) is 6.18. The van der Waals surface area contributed by atoms with Crippen molar-refractivity contribution in [2.45, 2.75) is 6.04 Å². The van der Waals surface area contributed by atoms with Gasteiger partial charge in [0.25, 0.3) is 5.69 Å². The first-order valence-electron chi connectivity index (χ1n) is 8.01. The fraction of sp³-hybridized carbons (Fsp3) is 0.111. The predicted octanol–water partition coefficient (Wildman–Crippen LogP) is 2.72. The number of nitro benzene ring substituents is 1. The van der Waals surface area contributed by atoms with Gasteiger partial charge in [0.2, 0.25) is 5.95 Å². The molecule has 2 heterocycles. The summed E-state index contributed by atoms with van der Waals surface area (Å²) in [5, 5.41) is 15.2. The zero-order valence-electron chi connectivity index (χ0n) is 13.3. The summed E-state index contributed by atoms with van der Waals surface area (Å²) in [6.45, 7) is 0. The lowest BCUT2D eigenvalue weighted by molar-refractivity contribution is -0.384. The standard InChI is InChI=1S/C18H11N5O3/c24-17-13-4-2-1-3-12(13)15-14(17)16(22-18(21-15)19-9-20-22)10-5-7-11(8-6-10)23(25)26/h1-9,14,16H. The number of nitro groups is 1. The maximum atomic E-state index is 13.1. The van der Waals surface area contributed by atoms with Crippen molar-refractivity contribution >= 4 is 23.1 Å². The SMILES string of the molecule is O=C1c2ccccc2C2=Nc3ncnn3C(c3ccc([N+](=O)[O-])cc3)C12. The van der Waals surface area contributed by atoms with Crippen LogP contribution < -0.4 is 0 Å². The van der Waals surface area contributed by atoms with Crippen LogP contribution >= 0.6 is 0 Å². The van der Waals surface area contributed by atoms with Crippen LogP contribution in [0.1, 0.15) is 27.5 Å². The molecule has 5 rings (SSSR count). The number of carbonyl (C=O) groups excluding carboxylic acids is 1. The van der Waals surface area contributed by atoms with Gasteiger partial charge >= 0.3 is 0 Å². The van der Waals surface area contributed by atoms with E-state index < -0.39 is 16.9 Å². The first kappa shape index (κ1) is 14.6. The molecular formula is C18H11N5O3. The summed E-state index contributed by atoms with van der Waals surface area (Å²) in [6, 6.07) is 13.1. The number of Topliss-reactive ketones (excluding diaryl/α,β-unsaturated/α-hetero) is 1. The quantitative estimate of drug-likeness (QED) is 0.525. The molecule has 0 radical (unpaired) electrons. The molecule has 0 amide bonds. The summed E-state index contributed by atoms with van der Waals surface area (Å²) in [5.74, 6) is -0.129. The van der Waals surface area contributed by atoms with Crippen molar-refractivity contribution in [3.63, 3.8) is 0 Å². The average Bonchev–Trinajstić information content (AvgIpc) is 3.24. The molecule has 0 saturated heterocycles. The highest BCUT2D eigenvalue weighted by molar-refractivity contribution is 6.29. The first-order chi connectivity index (χ1) is 12.6. The minimum atomic E-state index is -0.525. The van der Waals surface area contributed by atoms with E-state index >= 15 is 0 Å². The maximum absolute atomic E-state index is 13.1. The van der Waals surface area contributed by atoms with Gasteiger partial charge in [0, 0.05) is 23.3 Å². The molecule has 1 aromatic heterocycles. The van der Waals surface area contributed by atoms with E-state index in [2.05, 4.69) is 15.1 Å². The van der Waals surface area contributed by atoms with Crippen LogP contribution in [-0.4, -0.2) is 31.2 Å². The molecule has 126 valence electrons. The molecule has 2 unspecified atom stereocenters. The van der Waals surface area contributed by atoms with Gasteiger partial charge in [0.1, 0.15) is 6.33 Å². The molecular weight excluding hydrogens is 334 g/mol.